The van der Waals surface area contributed by atoms with E-state index in [0.717, 1.165) is 6.07 Å². The topological polar surface area (TPSA) is 59.0 Å². The molecule has 0 bridgehead atoms. The number of ether oxygens (including phenoxy) is 1. The largest absolute Gasteiger partial charge is 0.451 e. The van der Waals surface area contributed by atoms with Crippen LogP contribution in [0.5, 0.6) is 11.5 Å². The molecule has 2 N–H and O–H groups in total. The first-order chi connectivity index (χ1) is 9.52. The van der Waals surface area contributed by atoms with Crippen LogP contribution < -0.4 is 10.5 Å². The fraction of sp³-hybridized carbons (Fsp3) is 0.133. The second-order valence-electron chi connectivity index (χ2n) is 4.31. The summed E-state index contributed by atoms with van der Waals surface area (Å²) in [7, 11) is 0. The molecular formula is C15H12F2N2O. The van der Waals surface area contributed by atoms with Crippen molar-refractivity contribution in [3.8, 4) is 17.6 Å². The Labute approximate surface area is 115 Å². The van der Waals surface area contributed by atoms with Crippen molar-refractivity contribution in [2.24, 2.45) is 5.73 Å². The Morgan fingerprint density at radius 3 is 2.55 bits per heavy atom. The summed E-state index contributed by atoms with van der Waals surface area (Å²) in [5.74, 6) is -1.62. The average molecular weight is 274 g/mol. The van der Waals surface area contributed by atoms with Crippen molar-refractivity contribution in [1.29, 1.82) is 5.26 Å². The number of nitrogens with two attached hydrogens (primary N) is 1. The predicted octanol–water partition coefficient (Wildman–Crippen LogP) is 3.65. The van der Waals surface area contributed by atoms with Gasteiger partial charge in [-0.1, -0.05) is 12.1 Å². The molecule has 20 heavy (non-hydrogen) atoms. The molecule has 0 amide bonds. The van der Waals surface area contributed by atoms with Crippen LogP contribution in [-0.2, 0) is 0 Å². The molecule has 5 heteroatoms. The van der Waals surface area contributed by atoms with Crippen molar-refractivity contribution in [1.82, 2.24) is 0 Å². The van der Waals surface area contributed by atoms with Gasteiger partial charge in [-0.2, -0.15) is 5.26 Å². The molecule has 0 aliphatic carbocycles. The van der Waals surface area contributed by atoms with Gasteiger partial charge in [0.25, 0.3) is 0 Å². The number of hydrogen-bond acceptors (Lipinski definition) is 3. The lowest BCUT2D eigenvalue weighted by Gasteiger charge is -2.14. The van der Waals surface area contributed by atoms with E-state index in [9.17, 15) is 8.78 Å². The molecule has 2 rings (SSSR count). The summed E-state index contributed by atoms with van der Waals surface area (Å²) >= 11 is 0. The van der Waals surface area contributed by atoms with Gasteiger partial charge in [-0.3, -0.25) is 0 Å². The van der Waals surface area contributed by atoms with Crippen LogP contribution in [0.1, 0.15) is 24.1 Å². The van der Waals surface area contributed by atoms with Gasteiger partial charge in [0.2, 0.25) is 0 Å². The molecule has 0 fully saturated rings. The maximum Gasteiger partial charge on any atom is 0.167 e. The van der Waals surface area contributed by atoms with Crippen LogP contribution >= 0.6 is 0 Å². The Bertz CT molecular complexity index is 678. The van der Waals surface area contributed by atoms with E-state index in [2.05, 4.69) is 0 Å². The van der Waals surface area contributed by atoms with Gasteiger partial charge in [0, 0.05) is 11.6 Å². The highest BCUT2D eigenvalue weighted by atomic mass is 19.1. The number of para-hydroxylation sites is 1. The first-order valence-electron chi connectivity index (χ1n) is 5.94. The minimum atomic E-state index is -0.733. The molecule has 0 unspecified atom stereocenters. The van der Waals surface area contributed by atoms with E-state index in [4.69, 9.17) is 15.7 Å². The van der Waals surface area contributed by atoms with Crippen LogP contribution in [0.3, 0.4) is 0 Å². The molecule has 0 aliphatic heterocycles. The SMILES string of the molecule is C[C@H](N)c1cccc(F)c1Oc1ccc(C#N)cc1F. The first kappa shape index (κ1) is 14.0. The zero-order valence-electron chi connectivity index (χ0n) is 10.7. The first-order valence-corrected chi connectivity index (χ1v) is 5.94. The van der Waals surface area contributed by atoms with Crippen LogP contribution in [-0.4, -0.2) is 0 Å². The number of rotatable bonds is 3. The summed E-state index contributed by atoms with van der Waals surface area (Å²) < 4.78 is 32.9. The highest BCUT2D eigenvalue weighted by Crippen LogP contribution is 2.32. The van der Waals surface area contributed by atoms with Gasteiger partial charge in [-0.15, -0.1) is 0 Å². The minimum absolute atomic E-state index is 0.105. The van der Waals surface area contributed by atoms with Crippen LogP contribution in [0.2, 0.25) is 0 Å². The molecule has 0 radical (unpaired) electrons. The highest BCUT2D eigenvalue weighted by molar-refractivity contribution is 5.43. The molecule has 102 valence electrons. The Morgan fingerprint density at radius 1 is 1.20 bits per heavy atom. The second-order valence-corrected chi connectivity index (χ2v) is 4.31. The number of halogens is 2. The molecule has 0 spiro atoms. The summed E-state index contributed by atoms with van der Waals surface area (Å²) in [5.41, 5.74) is 6.34. The number of benzene rings is 2. The van der Waals surface area contributed by atoms with Crippen molar-refractivity contribution < 1.29 is 13.5 Å². The Balaban J connectivity index is 2.43. The van der Waals surface area contributed by atoms with E-state index in [1.165, 1.54) is 24.3 Å². The van der Waals surface area contributed by atoms with E-state index in [1.807, 2.05) is 6.07 Å². The van der Waals surface area contributed by atoms with Crippen molar-refractivity contribution >= 4 is 0 Å². The van der Waals surface area contributed by atoms with Crippen LogP contribution in [0.4, 0.5) is 8.78 Å². The Morgan fingerprint density at radius 2 is 1.95 bits per heavy atom. The van der Waals surface area contributed by atoms with Gasteiger partial charge < -0.3 is 10.5 Å². The summed E-state index contributed by atoms with van der Waals surface area (Å²) in [5, 5.41) is 8.67. The monoisotopic (exact) mass is 274 g/mol. The summed E-state index contributed by atoms with van der Waals surface area (Å²) in [6, 6.07) is 9.40. The van der Waals surface area contributed by atoms with Gasteiger partial charge in [0.05, 0.1) is 11.6 Å². The maximum absolute atomic E-state index is 13.8. The number of nitriles is 1. The van der Waals surface area contributed by atoms with E-state index in [-0.39, 0.29) is 17.1 Å². The minimum Gasteiger partial charge on any atom is -0.451 e. The zero-order chi connectivity index (χ0) is 14.7. The quantitative estimate of drug-likeness (QED) is 0.929. The molecule has 0 aromatic heterocycles. The third-order valence-corrected chi connectivity index (χ3v) is 2.76. The third-order valence-electron chi connectivity index (χ3n) is 2.76. The van der Waals surface area contributed by atoms with Crippen molar-refractivity contribution in [3.05, 3.63) is 59.2 Å². The fourth-order valence-electron chi connectivity index (χ4n) is 1.75. The second kappa shape index (κ2) is 5.68. The molecule has 0 saturated carbocycles. The summed E-state index contributed by atoms with van der Waals surface area (Å²) in [4.78, 5) is 0. The van der Waals surface area contributed by atoms with Crippen molar-refractivity contribution in [2.45, 2.75) is 13.0 Å². The lowest BCUT2D eigenvalue weighted by Crippen LogP contribution is -2.08. The molecule has 1 atom stereocenters. The Hall–Kier alpha value is -2.45. The fourth-order valence-corrected chi connectivity index (χ4v) is 1.75. The molecule has 2 aromatic carbocycles. The smallest absolute Gasteiger partial charge is 0.167 e. The summed E-state index contributed by atoms with van der Waals surface area (Å²) in [6.07, 6.45) is 0. The number of hydrogen-bond donors (Lipinski definition) is 1. The van der Waals surface area contributed by atoms with Gasteiger partial charge in [0.1, 0.15) is 0 Å². The molecule has 0 saturated heterocycles. The molecule has 0 aliphatic rings. The van der Waals surface area contributed by atoms with Gasteiger partial charge in [-0.05, 0) is 31.2 Å². The molecule has 3 nitrogen and oxygen atoms in total. The lowest BCUT2D eigenvalue weighted by molar-refractivity contribution is 0.407. The van der Waals surface area contributed by atoms with Crippen LogP contribution in [0, 0.1) is 23.0 Å². The van der Waals surface area contributed by atoms with Crippen LogP contribution in [0.15, 0.2) is 36.4 Å². The van der Waals surface area contributed by atoms with Crippen molar-refractivity contribution in [3.63, 3.8) is 0 Å². The van der Waals surface area contributed by atoms with Crippen molar-refractivity contribution in [2.75, 3.05) is 0 Å². The van der Waals surface area contributed by atoms with E-state index < -0.39 is 17.7 Å². The standard InChI is InChI=1S/C15H12F2N2O/c1-9(19)11-3-2-4-12(16)15(11)20-14-6-5-10(8-18)7-13(14)17/h2-7,9H,19H2,1H3/t9-/m0/s1. The van der Waals surface area contributed by atoms with Gasteiger partial charge in [-0.25, -0.2) is 8.78 Å². The predicted molar refractivity (Wildman–Crippen MR) is 70.2 cm³/mol. The average Bonchev–Trinajstić information content (AvgIpc) is 2.42. The summed E-state index contributed by atoms with van der Waals surface area (Å²) in [6.45, 7) is 1.68. The number of nitrogens with zero attached hydrogens (tertiary/aromatic N) is 1. The highest BCUT2D eigenvalue weighted by Gasteiger charge is 2.16. The van der Waals surface area contributed by atoms with E-state index in [0.29, 0.717) is 5.56 Å². The third kappa shape index (κ3) is 2.76. The molecular weight excluding hydrogens is 262 g/mol. The van der Waals surface area contributed by atoms with Crippen LogP contribution in [0.25, 0.3) is 0 Å². The normalized spacial score (nSPS) is 11.8. The van der Waals surface area contributed by atoms with Gasteiger partial charge >= 0.3 is 0 Å². The molecule has 0 heterocycles. The van der Waals surface area contributed by atoms with E-state index >= 15 is 0 Å². The van der Waals surface area contributed by atoms with E-state index in [1.54, 1.807) is 13.0 Å². The Kier molecular flexibility index (Phi) is 3.97. The molecule has 2 aromatic rings. The lowest BCUT2D eigenvalue weighted by atomic mass is 10.1. The zero-order valence-corrected chi connectivity index (χ0v) is 10.7. The maximum atomic E-state index is 13.8. The van der Waals surface area contributed by atoms with Gasteiger partial charge in [0.15, 0.2) is 23.1 Å².